The van der Waals surface area contributed by atoms with Crippen molar-refractivity contribution in [3.63, 3.8) is 0 Å². The summed E-state index contributed by atoms with van der Waals surface area (Å²) in [4.78, 5) is 23.5. The molecule has 0 aliphatic carbocycles. The van der Waals surface area contributed by atoms with Crippen LogP contribution >= 0.6 is 0 Å². The second kappa shape index (κ2) is 26.6. The Morgan fingerprint density at radius 2 is 1.22 bits per heavy atom. The molecule has 0 aliphatic rings. The first-order valence-electron chi connectivity index (χ1n) is 13.9. The van der Waals surface area contributed by atoms with Crippen LogP contribution in [-0.2, 0) is 19.1 Å². The highest BCUT2D eigenvalue weighted by Crippen LogP contribution is 2.07. The molecule has 0 aromatic rings. The van der Waals surface area contributed by atoms with Crippen molar-refractivity contribution in [1.29, 1.82) is 0 Å². The van der Waals surface area contributed by atoms with E-state index in [-0.39, 0.29) is 25.6 Å². The largest absolute Gasteiger partial charge is 0.463 e. The van der Waals surface area contributed by atoms with E-state index in [2.05, 4.69) is 50.3 Å². The Morgan fingerprint density at radius 1 is 0.676 bits per heavy atom. The lowest BCUT2D eigenvalue weighted by atomic mass is 10.1. The van der Waals surface area contributed by atoms with E-state index in [9.17, 15) is 19.8 Å². The lowest BCUT2D eigenvalue weighted by Crippen LogP contribution is -2.25. The van der Waals surface area contributed by atoms with Gasteiger partial charge in [0, 0.05) is 12.8 Å². The summed E-state index contributed by atoms with van der Waals surface area (Å²) >= 11 is 0. The second-order valence-corrected chi connectivity index (χ2v) is 8.99. The first-order chi connectivity index (χ1) is 18.0. The predicted molar refractivity (Wildman–Crippen MR) is 151 cm³/mol. The molecule has 2 N–H and O–H groups in total. The van der Waals surface area contributed by atoms with Crippen molar-refractivity contribution in [1.82, 2.24) is 0 Å². The fraction of sp³-hybridized carbons (Fsp3) is 0.613. The van der Waals surface area contributed by atoms with Gasteiger partial charge in [0.25, 0.3) is 0 Å². The van der Waals surface area contributed by atoms with Gasteiger partial charge in [0.2, 0.25) is 0 Å². The number of carbonyl (C=O) groups excluding carboxylic acids is 2. The minimum absolute atomic E-state index is 0.152. The molecule has 0 fully saturated rings. The van der Waals surface area contributed by atoms with E-state index in [1.165, 1.54) is 6.42 Å². The van der Waals surface area contributed by atoms with Crippen LogP contribution in [0.3, 0.4) is 0 Å². The van der Waals surface area contributed by atoms with Gasteiger partial charge in [-0.05, 0) is 44.9 Å². The normalized spacial score (nSPS) is 13.9. The highest BCUT2D eigenvalue weighted by molar-refractivity contribution is 5.69. The Hall–Kier alpha value is -2.44. The van der Waals surface area contributed by atoms with Crippen LogP contribution in [0, 0.1) is 0 Å². The number of unbranched alkanes of at least 4 members (excludes halogenated alkanes) is 4. The Labute approximate surface area is 224 Å². The summed E-state index contributed by atoms with van der Waals surface area (Å²) < 4.78 is 10.0. The van der Waals surface area contributed by atoms with Gasteiger partial charge in [0.1, 0.15) is 19.3 Å². The smallest absolute Gasteiger partial charge is 0.305 e. The molecule has 0 heterocycles. The van der Waals surface area contributed by atoms with E-state index in [0.717, 1.165) is 51.4 Å². The van der Waals surface area contributed by atoms with Crippen molar-refractivity contribution in [2.45, 2.75) is 110 Å². The standard InChI is InChI=1S/C31H50O6/c1-3-5-7-9-10-11-12-13-14-15-16-18-19-22-28(32)23-21-25-31(35)37-27-29(33)26-36-30(34)24-20-17-8-6-4-2/h5,7,10-11,13-14,16,18-19,22,28-29,32-33H,3-4,6,8-9,12,15,17,20-21,23-27H2,1-2H3/b7-5-,11-10-,14-13-,18-16-,22-19+/t28?,29-/m0/s1. The summed E-state index contributed by atoms with van der Waals surface area (Å²) in [6.45, 7) is 3.87. The van der Waals surface area contributed by atoms with Crippen molar-refractivity contribution in [3.8, 4) is 0 Å². The van der Waals surface area contributed by atoms with Gasteiger partial charge in [-0.3, -0.25) is 9.59 Å². The maximum Gasteiger partial charge on any atom is 0.305 e. The first-order valence-corrected chi connectivity index (χ1v) is 13.9. The molecule has 210 valence electrons. The quantitative estimate of drug-likeness (QED) is 0.0678. The van der Waals surface area contributed by atoms with E-state index in [1.807, 2.05) is 12.2 Å². The zero-order chi connectivity index (χ0) is 27.4. The lowest BCUT2D eigenvalue weighted by Gasteiger charge is -2.12. The fourth-order valence-electron chi connectivity index (χ4n) is 3.23. The van der Waals surface area contributed by atoms with Gasteiger partial charge < -0.3 is 19.7 Å². The van der Waals surface area contributed by atoms with Crippen LogP contribution in [0.15, 0.2) is 60.8 Å². The van der Waals surface area contributed by atoms with Crippen molar-refractivity contribution in [2.75, 3.05) is 13.2 Å². The highest BCUT2D eigenvalue weighted by Gasteiger charge is 2.12. The maximum atomic E-state index is 11.8. The number of rotatable bonds is 23. The van der Waals surface area contributed by atoms with Crippen LogP contribution in [-0.4, -0.2) is 47.6 Å². The van der Waals surface area contributed by atoms with Crippen molar-refractivity contribution in [2.24, 2.45) is 0 Å². The van der Waals surface area contributed by atoms with Gasteiger partial charge in [-0.2, -0.15) is 0 Å². The Morgan fingerprint density at radius 3 is 1.81 bits per heavy atom. The minimum atomic E-state index is -1.03. The molecule has 1 unspecified atom stereocenters. The SMILES string of the molecule is CC/C=C\C/C=C\C/C=C\C/C=C\C=C\C(O)CCCC(=O)OC[C@@H](O)COC(=O)CCCCCCC. The zero-order valence-electron chi connectivity index (χ0n) is 23.1. The monoisotopic (exact) mass is 518 g/mol. The molecule has 0 amide bonds. The molecule has 0 rings (SSSR count). The second-order valence-electron chi connectivity index (χ2n) is 8.99. The number of aliphatic hydroxyl groups is 2. The summed E-state index contributed by atoms with van der Waals surface area (Å²) in [7, 11) is 0. The lowest BCUT2D eigenvalue weighted by molar-refractivity contribution is -0.152. The number of allylic oxidation sites excluding steroid dienone is 9. The topological polar surface area (TPSA) is 93.1 Å². The van der Waals surface area contributed by atoms with Gasteiger partial charge in [0.05, 0.1) is 6.10 Å². The number of hydrogen-bond acceptors (Lipinski definition) is 6. The zero-order valence-corrected chi connectivity index (χ0v) is 23.1. The molecule has 6 nitrogen and oxygen atoms in total. The van der Waals surface area contributed by atoms with Crippen LogP contribution < -0.4 is 0 Å². The van der Waals surface area contributed by atoms with Crippen molar-refractivity contribution < 1.29 is 29.3 Å². The maximum absolute atomic E-state index is 11.8. The molecule has 6 heteroatoms. The molecule has 0 saturated carbocycles. The van der Waals surface area contributed by atoms with Gasteiger partial charge in [-0.1, -0.05) is 100 Å². The first kappa shape index (κ1) is 34.6. The van der Waals surface area contributed by atoms with E-state index >= 15 is 0 Å². The number of aliphatic hydroxyl groups excluding tert-OH is 2. The third kappa shape index (κ3) is 26.4. The van der Waals surface area contributed by atoms with Crippen LogP contribution in [0.4, 0.5) is 0 Å². The van der Waals surface area contributed by atoms with E-state index < -0.39 is 18.2 Å². The summed E-state index contributed by atoms with van der Waals surface area (Å²) in [6.07, 6.45) is 29.1. The fourth-order valence-corrected chi connectivity index (χ4v) is 3.23. The van der Waals surface area contributed by atoms with Crippen LogP contribution in [0.2, 0.25) is 0 Å². The summed E-state index contributed by atoms with van der Waals surface area (Å²) in [6, 6.07) is 0. The number of hydrogen-bond donors (Lipinski definition) is 2. The molecular formula is C31H50O6. The van der Waals surface area contributed by atoms with E-state index in [0.29, 0.717) is 19.3 Å². The van der Waals surface area contributed by atoms with Crippen molar-refractivity contribution >= 4 is 11.9 Å². The Bertz CT molecular complexity index is 704. The van der Waals surface area contributed by atoms with Gasteiger partial charge in [-0.15, -0.1) is 0 Å². The molecule has 0 radical (unpaired) electrons. The minimum Gasteiger partial charge on any atom is -0.463 e. The third-order valence-electron chi connectivity index (χ3n) is 5.37. The molecule has 0 aromatic carbocycles. The van der Waals surface area contributed by atoms with Crippen LogP contribution in [0.1, 0.15) is 97.3 Å². The number of esters is 2. The highest BCUT2D eigenvalue weighted by atomic mass is 16.6. The average Bonchev–Trinajstić information content (AvgIpc) is 2.88. The average molecular weight is 519 g/mol. The Kier molecular flexibility index (Phi) is 24.9. The van der Waals surface area contributed by atoms with Gasteiger partial charge in [-0.25, -0.2) is 0 Å². The molecule has 0 spiro atoms. The van der Waals surface area contributed by atoms with Gasteiger partial charge in [0.15, 0.2) is 0 Å². The predicted octanol–water partition coefficient (Wildman–Crippen LogP) is 6.69. The Balaban J connectivity index is 3.78. The molecule has 0 aromatic heterocycles. The number of ether oxygens (including phenoxy) is 2. The summed E-state index contributed by atoms with van der Waals surface area (Å²) in [5, 5.41) is 19.8. The van der Waals surface area contributed by atoms with E-state index in [1.54, 1.807) is 12.2 Å². The van der Waals surface area contributed by atoms with Crippen LogP contribution in [0.5, 0.6) is 0 Å². The summed E-state index contributed by atoms with van der Waals surface area (Å²) in [5.41, 5.74) is 0. The third-order valence-corrected chi connectivity index (χ3v) is 5.37. The molecule has 2 atom stereocenters. The molecule has 37 heavy (non-hydrogen) atoms. The molecule has 0 aliphatic heterocycles. The molecular weight excluding hydrogens is 468 g/mol. The van der Waals surface area contributed by atoms with Crippen LogP contribution in [0.25, 0.3) is 0 Å². The van der Waals surface area contributed by atoms with Crippen molar-refractivity contribution in [3.05, 3.63) is 60.8 Å². The number of carbonyl (C=O) groups is 2. The summed E-state index contributed by atoms with van der Waals surface area (Å²) in [5.74, 6) is -0.786. The van der Waals surface area contributed by atoms with E-state index in [4.69, 9.17) is 9.47 Å². The molecule has 0 saturated heterocycles. The van der Waals surface area contributed by atoms with Gasteiger partial charge >= 0.3 is 11.9 Å². The molecule has 0 bridgehead atoms.